The Balaban J connectivity index is 0.00000144. The first-order chi connectivity index (χ1) is 5.83. The van der Waals surface area contributed by atoms with E-state index in [4.69, 9.17) is 4.74 Å². The number of hydrogen-bond donors (Lipinski definition) is 1. The van der Waals surface area contributed by atoms with Gasteiger partial charge in [-0.05, 0) is 0 Å². The Morgan fingerprint density at radius 2 is 2.08 bits per heavy atom. The van der Waals surface area contributed by atoms with Gasteiger partial charge in [0.15, 0.2) is 0 Å². The maximum Gasteiger partial charge on any atom is 0.221 e. The minimum atomic E-state index is 0. The molecule has 1 N–H and O–H groups in total. The van der Waals surface area contributed by atoms with Crippen molar-refractivity contribution in [2.45, 2.75) is 6.42 Å². The van der Waals surface area contributed by atoms with Gasteiger partial charge in [-0.3, -0.25) is 9.69 Å². The third kappa shape index (κ3) is 5.08. The van der Waals surface area contributed by atoms with Crippen LogP contribution in [0.25, 0.3) is 0 Å². The van der Waals surface area contributed by atoms with Crippen molar-refractivity contribution in [3.63, 3.8) is 0 Å². The third-order valence-corrected chi connectivity index (χ3v) is 2.04. The lowest BCUT2D eigenvalue weighted by Crippen LogP contribution is -2.38. The highest BCUT2D eigenvalue weighted by Crippen LogP contribution is 1.97. The molecule has 0 aliphatic carbocycles. The molecule has 0 aromatic carbocycles. The zero-order chi connectivity index (χ0) is 8.81. The lowest BCUT2D eigenvalue weighted by atomic mass is 10.3. The average Bonchev–Trinajstić information content (AvgIpc) is 2.16. The topological polar surface area (TPSA) is 41.6 Å². The summed E-state index contributed by atoms with van der Waals surface area (Å²) in [4.78, 5) is 13.1. The van der Waals surface area contributed by atoms with Crippen LogP contribution in [0.4, 0.5) is 0 Å². The summed E-state index contributed by atoms with van der Waals surface area (Å²) in [6, 6.07) is 0. The predicted octanol–water partition coefficient (Wildman–Crippen LogP) is -0.123. The molecular formula is C8H17ClN2O2. The number of rotatable bonds is 3. The van der Waals surface area contributed by atoms with Gasteiger partial charge >= 0.3 is 0 Å². The number of carbonyl (C=O) groups excluding carboxylic acids is 1. The number of nitrogens with zero attached hydrogens (tertiary/aromatic N) is 1. The van der Waals surface area contributed by atoms with Crippen LogP contribution >= 0.6 is 12.4 Å². The summed E-state index contributed by atoms with van der Waals surface area (Å²) in [5.74, 6) is 0.112. The fraction of sp³-hybridized carbons (Fsp3) is 0.875. The number of hydrogen-bond acceptors (Lipinski definition) is 3. The summed E-state index contributed by atoms with van der Waals surface area (Å²) in [5, 5.41) is 2.61. The van der Waals surface area contributed by atoms with Crippen LogP contribution in [-0.4, -0.2) is 50.7 Å². The van der Waals surface area contributed by atoms with Crippen molar-refractivity contribution in [1.29, 1.82) is 0 Å². The number of morpholine rings is 1. The number of halogens is 1. The number of carbonyl (C=O) groups is 1. The van der Waals surface area contributed by atoms with Crippen LogP contribution in [0.15, 0.2) is 0 Å². The molecule has 0 aromatic rings. The quantitative estimate of drug-likeness (QED) is 0.703. The first kappa shape index (κ1) is 12.7. The summed E-state index contributed by atoms with van der Waals surface area (Å²) in [7, 11) is 1.67. The Morgan fingerprint density at radius 1 is 1.46 bits per heavy atom. The molecule has 1 aliphatic heterocycles. The smallest absolute Gasteiger partial charge is 0.221 e. The molecule has 78 valence electrons. The Morgan fingerprint density at radius 3 is 2.62 bits per heavy atom. The molecule has 1 saturated heterocycles. The van der Waals surface area contributed by atoms with E-state index < -0.39 is 0 Å². The molecule has 0 radical (unpaired) electrons. The summed E-state index contributed by atoms with van der Waals surface area (Å²) in [5.41, 5.74) is 0. The largest absolute Gasteiger partial charge is 0.379 e. The van der Waals surface area contributed by atoms with Crippen LogP contribution in [0.2, 0.25) is 0 Å². The predicted molar refractivity (Wildman–Crippen MR) is 53.2 cm³/mol. The van der Waals surface area contributed by atoms with Crippen LogP contribution in [0.1, 0.15) is 6.42 Å². The number of nitrogens with one attached hydrogen (secondary N) is 1. The Kier molecular flexibility index (Phi) is 6.94. The Bertz CT molecular complexity index is 149. The zero-order valence-electron chi connectivity index (χ0n) is 7.91. The fourth-order valence-electron chi connectivity index (χ4n) is 1.21. The maximum absolute atomic E-state index is 10.9. The van der Waals surface area contributed by atoms with Gasteiger partial charge in [-0.2, -0.15) is 0 Å². The van der Waals surface area contributed by atoms with Crippen LogP contribution in [-0.2, 0) is 9.53 Å². The van der Waals surface area contributed by atoms with Crippen molar-refractivity contribution in [3.05, 3.63) is 0 Å². The van der Waals surface area contributed by atoms with E-state index in [1.165, 1.54) is 0 Å². The first-order valence-electron chi connectivity index (χ1n) is 4.33. The van der Waals surface area contributed by atoms with E-state index in [1.807, 2.05) is 0 Å². The monoisotopic (exact) mass is 208 g/mol. The van der Waals surface area contributed by atoms with Gasteiger partial charge in [-0.15, -0.1) is 12.4 Å². The average molecular weight is 209 g/mol. The fourth-order valence-corrected chi connectivity index (χ4v) is 1.21. The minimum absolute atomic E-state index is 0. The molecule has 13 heavy (non-hydrogen) atoms. The number of ether oxygens (including phenoxy) is 1. The van der Waals surface area contributed by atoms with Gasteiger partial charge in [0.2, 0.25) is 5.91 Å². The molecular weight excluding hydrogens is 192 g/mol. The minimum Gasteiger partial charge on any atom is -0.379 e. The van der Waals surface area contributed by atoms with Crippen LogP contribution in [0.3, 0.4) is 0 Å². The lowest BCUT2D eigenvalue weighted by molar-refractivity contribution is -0.121. The normalized spacial score (nSPS) is 17.6. The van der Waals surface area contributed by atoms with Gasteiger partial charge < -0.3 is 10.1 Å². The van der Waals surface area contributed by atoms with Crippen molar-refractivity contribution in [1.82, 2.24) is 10.2 Å². The molecule has 1 rings (SSSR count). The second-order valence-electron chi connectivity index (χ2n) is 2.88. The van der Waals surface area contributed by atoms with Gasteiger partial charge in [0, 0.05) is 33.1 Å². The first-order valence-corrected chi connectivity index (χ1v) is 4.33. The van der Waals surface area contributed by atoms with E-state index in [9.17, 15) is 4.79 Å². The van der Waals surface area contributed by atoms with Crippen molar-refractivity contribution >= 4 is 18.3 Å². The maximum atomic E-state index is 10.9. The molecule has 1 amide bonds. The number of amides is 1. The summed E-state index contributed by atoms with van der Waals surface area (Å²) in [6.07, 6.45) is 0.594. The van der Waals surface area contributed by atoms with Gasteiger partial charge in [0.05, 0.1) is 13.2 Å². The summed E-state index contributed by atoms with van der Waals surface area (Å²) >= 11 is 0. The molecule has 1 aliphatic rings. The lowest BCUT2D eigenvalue weighted by Gasteiger charge is -2.25. The molecule has 0 atom stereocenters. The SMILES string of the molecule is CNC(=O)CCN1CCOCC1.Cl. The van der Waals surface area contributed by atoms with Gasteiger partial charge in [0.1, 0.15) is 0 Å². The van der Waals surface area contributed by atoms with E-state index in [0.717, 1.165) is 32.8 Å². The molecule has 0 bridgehead atoms. The summed E-state index contributed by atoms with van der Waals surface area (Å²) in [6.45, 7) is 4.36. The zero-order valence-corrected chi connectivity index (χ0v) is 8.73. The van der Waals surface area contributed by atoms with Crippen molar-refractivity contribution in [3.8, 4) is 0 Å². The van der Waals surface area contributed by atoms with E-state index in [-0.39, 0.29) is 18.3 Å². The Labute approximate surface area is 85.0 Å². The van der Waals surface area contributed by atoms with Gasteiger partial charge in [0.25, 0.3) is 0 Å². The van der Waals surface area contributed by atoms with Crippen molar-refractivity contribution in [2.24, 2.45) is 0 Å². The molecule has 4 nitrogen and oxygen atoms in total. The van der Waals surface area contributed by atoms with Gasteiger partial charge in [-0.1, -0.05) is 0 Å². The molecule has 5 heteroatoms. The highest BCUT2D eigenvalue weighted by Gasteiger charge is 2.10. The van der Waals surface area contributed by atoms with Gasteiger partial charge in [-0.25, -0.2) is 0 Å². The molecule has 0 saturated carbocycles. The second-order valence-corrected chi connectivity index (χ2v) is 2.88. The third-order valence-electron chi connectivity index (χ3n) is 2.04. The second kappa shape index (κ2) is 7.12. The van der Waals surface area contributed by atoms with E-state index >= 15 is 0 Å². The summed E-state index contributed by atoms with van der Waals surface area (Å²) < 4.78 is 5.19. The van der Waals surface area contributed by atoms with E-state index in [1.54, 1.807) is 7.05 Å². The van der Waals surface area contributed by atoms with Crippen LogP contribution in [0.5, 0.6) is 0 Å². The molecule has 0 spiro atoms. The standard InChI is InChI=1S/C8H16N2O2.ClH/c1-9-8(11)2-3-10-4-6-12-7-5-10;/h2-7H2,1H3,(H,9,11);1H. The van der Waals surface area contributed by atoms with E-state index in [2.05, 4.69) is 10.2 Å². The molecule has 0 aromatic heterocycles. The van der Waals surface area contributed by atoms with E-state index in [0.29, 0.717) is 6.42 Å². The highest BCUT2D eigenvalue weighted by atomic mass is 35.5. The molecule has 1 heterocycles. The van der Waals surface area contributed by atoms with Crippen LogP contribution < -0.4 is 5.32 Å². The van der Waals surface area contributed by atoms with Crippen molar-refractivity contribution in [2.75, 3.05) is 39.9 Å². The van der Waals surface area contributed by atoms with Crippen LogP contribution in [0, 0.1) is 0 Å². The van der Waals surface area contributed by atoms with Crippen molar-refractivity contribution < 1.29 is 9.53 Å². The highest BCUT2D eigenvalue weighted by molar-refractivity contribution is 5.85. The Hall–Kier alpha value is -0.320. The molecule has 1 fully saturated rings. The molecule has 0 unspecified atom stereocenters.